The number of anilines is 1. The molecule has 5 nitrogen and oxygen atoms in total. The minimum absolute atomic E-state index is 0.126. The second-order valence-electron chi connectivity index (χ2n) is 4.08. The van der Waals surface area contributed by atoms with Crippen molar-refractivity contribution >= 4 is 17.2 Å². The number of hydrogen-bond acceptors (Lipinski definition) is 4. The smallest absolute Gasteiger partial charge is 0.295 e. The van der Waals surface area contributed by atoms with Crippen LogP contribution in [-0.4, -0.2) is 16.7 Å². The maximum absolute atomic E-state index is 13.4. The molecule has 0 amide bonds. The SMILES string of the molecule is CC(=O)c1cc(NC2CC2)c([N+](=O)[O-])cc1F. The van der Waals surface area contributed by atoms with Gasteiger partial charge in [0.05, 0.1) is 16.6 Å². The fourth-order valence-corrected chi connectivity index (χ4v) is 1.55. The number of hydrogen-bond donors (Lipinski definition) is 1. The summed E-state index contributed by atoms with van der Waals surface area (Å²) in [5.41, 5.74) is -0.248. The van der Waals surface area contributed by atoms with Crippen LogP contribution in [0.3, 0.4) is 0 Å². The van der Waals surface area contributed by atoms with Gasteiger partial charge < -0.3 is 5.32 Å². The van der Waals surface area contributed by atoms with Crippen molar-refractivity contribution in [3.8, 4) is 0 Å². The van der Waals surface area contributed by atoms with Gasteiger partial charge in [-0.1, -0.05) is 0 Å². The molecular weight excluding hydrogens is 227 g/mol. The Morgan fingerprint density at radius 3 is 2.65 bits per heavy atom. The van der Waals surface area contributed by atoms with Crippen LogP contribution in [0.2, 0.25) is 0 Å². The van der Waals surface area contributed by atoms with E-state index >= 15 is 0 Å². The first-order valence-electron chi connectivity index (χ1n) is 5.24. The van der Waals surface area contributed by atoms with E-state index in [0.717, 1.165) is 18.9 Å². The molecule has 1 aromatic carbocycles. The molecule has 1 N–H and O–H groups in total. The highest BCUT2D eigenvalue weighted by Crippen LogP contribution is 2.32. The molecule has 0 aliphatic heterocycles. The van der Waals surface area contributed by atoms with Gasteiger partial charge >= 0.3 is 0 Å². The Kier molecular flexibility index (Phi) is 2.79. The number of carbonyl (C=O) groups is 1. The quantitative estimate of drug-likeness (QED) is 0.497. The highest BCUT2D eigenvalue weighted by molar-refractivity contribution is 5.96. The number of nitrogens with one attached hydrogen (secondary N) is 1. The minimum atomic E-state index is -0.856. The summed E-state index contributed by atoms with van der Waals surface area (Å²) in [7, 11) is 0. The first-order chi connectivity index (χ1) is 7.99. The van der Waals surface area contributed by atoms with Gasteiger partial charge in [0, 0.05) is 6.04 Å². The largest absolute Gasteiger partial charge is 0.377 e. The van der Waals surface area contributed by atoms with Gasteiger partial charge in [0.25, 0.3) is 5.69 Å². The third-order valence-electron chi connectivity index (χ3n) is 2.60. The number of nitro groups is 1. The van der Waals surface area contributed by atoms with Crippen LogP contribution in [-0.2, 0) is 0 Å². The van der Waals surface area contributed by atoms with Crippen LogP contribution in [0.5, 0.6) is 0 Å². The fraction of sp³-hybridized carbons (Fsp3) is 0.364. The third-order valence-corrected chi connectivity index (χ3v) is 2.60. The first kappa shape index (κ1) is 11.5. The van der Waals surface area contributed by atoms with Crippen molar-refractivity contribution < 1.29 is 14.1 Å². The number of benzene rings is 1. The molecule has 1 fully saturated rings. The van der Waals surface area contributed by atoms with Gasteiger partial charge in [-0.25, -0.2) is 4.39 Å². The molecular formula is C11H11FN2O3. The van der Waals surface area contributed by atoms with E-state index in [1.165, 1.54) is 13.0 Å². The minimum Gasteiger partial charge on any atom is -0.377 e. The topological polar surface area (TPSA) is 72.2 Å². The van der Waals surface area contributed by atoms with Crippen molar-refractivity contribution in [3.05, 3.63) is 33.6 Å². The predicted octanol–water partition coefficient (Wildman–Crippen LogP) is 2.51. The number of Topliss-reactive ketones (excluding diaryl/α,β-unsaturated/α-hetero) is 1. The number of nitro benzene ring substituents is 1. The number of halogens is 1. The molecule has 1 saturated carbocycles. The van der Waals surface area contributed by atoms with E-state index in [1.54, 1.807) is 0 Å². The van der Waals surface area contributed by atoms with Crippen LogP contribution in [0.4, 0.5) is 15.8 Å². The summed E-state index contributed by atoms with van der Waals surface area (Å²) >= 11 is 0. The molecule has 2 rings (SSSR count). The molecule has 0 heterocycles. The van der Waals surface area contributed by atoms with Crippen molar-refractivity contribution in [2.75, 3.05) is 5.32 Å². The molecule has 0 bridgehead atoms. The van der Waals surface area contributed by atoms with E-state index in [2.05, 4.69) is 5.32 Å². The van der Waals surface area contributed by atoms with Crippen LogP contribution < -0.4 is 5.32 Å². The Morgan fingerprint density at radius 1 is 1.53 bits per heavy atom. The number of carbonyl (C=O) groups excluding carboxylic acids is 1. The van der Waals surface area contributed by atoms with Gasteiger partial charge in [-0.2, -0.15) is 0 Å². The molecule has 90 valence electrons. The summed E-state index contributed by atoms with van der Waals surface area (Å²) in [5, 5.41) is 13.7. The second-order valence-corrected chi connectivity index (χ2v) is 4.08. The number of ketones is 1. The summed E-state index contributed by atoms with van der Waals surface area (Å²) in [6.07, 6.45) is 1.87. The normalized spacial score (nSPS) is 14.5. The van der Waals surface area contributed by atoms with E-state index in [9.17, 15) is 19.3 Å². The Bertz CT molecular complexity index is 498. The lowest BCUT2D eigenvalue weighted by molar-refractivity contribution is -0.384. The van der Waals surface area contributed by atoms with Gasteiger partial charge in [0.1, 0.15) is 11.5 Å². The molecule has 6 heteroatoms. The zero-order valence-electron chi connectivity index (χ0n) is 9.20. The van der Waals surface area contributed by atoms with Crippen LogP contribution >= 0.6 is 0 Å². The van der Waals surface area contributed by atoms with Crippen LogP contribution in [0.1, 0.15) is 30.1 Å². The highest BCUT2D eigenvalue weighted by Gasteiger charge is 2.26. The summed E-state index contributed by atoms with van der Waals surface area (Å²) in [5.74, 6) is -1.30. The van der Waals surface area contributed by atoms with E-state index in [4.69, 9.17) is 0 Å². The number of rotatable bonds is 4. The standard InChI is InChI=1S/C11H11FN2O3/c1-6(15)8-4-10(13-7-2-3-7)11(14(16)17)5-9(8)12/h4-5,7,13H,2-3H2,1H3. The third kappa shape index (κ3) is 2.41. The molecule has 0 saturated heterocycles. The average Bonchev–Trinajstić information content (AvgIpc) is 3.03. The Morgan fingerprint density at radius 2 is 2.18 bits per heavy atom. The highest BCUT2D eigenvalue weighted by atomic mass is 19.1. The van der Waals surface area contributed by atoms with Crippen molar-refractivity contribution in [2.45, 2.75) is 25.8 Å². The zero-order valence-corrected chi connectivity index (χ0v) is 9.20. The molecule has 0 spiro atoms. The van der Waals surface area contributed by atoms with Crippen molar-refractivity contribution in [1.82, 2.24) is 0 Å². The molecule has 0 aromatic heterocycles. The lowest BCUT2D eigenvalue weighted by atomic mass is 10.1. The molecule has 1 aliphatic rings. The summed E-state index contributed by atoms with van der Waals surface area (Å²) in [6.45, 7) is 1.23. The van der Waals surface area contributed by atoms with E-state index < -0.39 is 16.5 Å². The summed E-state index contributed by atoms with van der Waals surface area (Å²) in [4.78, 5) is 21.3. The van der Waals surface area contributed by atoms with Gasteiger partial charge in [0.15, 0.2) is 5.78 Å². The second kappa shape index (κ2) is 4.12. The van der Waals surface area contributed by atoms with Crippen LogP contribution in [0.15, 0.2) is 12.1 Å². The fourth-order valence-electron chi connectivity index (χ4n) is 1.55. The molecule has 0 radical (unpaired) electrons. The predicted molar refractivity (Wildman–Crippen MR) is 59.7 cm³/mol. The monoisotopic (exact) mass is 238 g/mol. The van der Waals surface area contributed by atoms with Gasteiger partial charge in [-0.15, -0.1) is 0 Å². The van der Waals surface area contributed by atoms with E-state index in [0.29, 0.717) is 0 Å². The molecule has 1 aliphatic carbocycles. The van der Waals surface area contributed by atoms with Crippen LogP contribution in [0, 0.1) is 15.9 Å². The molecule has 0 atom stereocenters. The van der Waals surface area contributed by atoms with Gasteiger partial charge in [-0.05, 0) is 25.8 Å². The zero-order chi connectivity index (χ0) is 12.6. The average molecular weight is 238 g/mol. The summed E-state index contributed by atoms with van der Waals surface area (Å²) < 4.78 is 13.4. The molecule has 1 aromatic rings. The molecule has 17 heavy (non-hydrogen) atoms. The van der Waals surface area contributed by atoms with E-state index in [-0.39, 0.29) is 23.0 Å². The lowest BCUT2D eigenvalue weighted by Gasteiger charge is -2.07. The van der Waals surface area contributed by atoms with Gasteiger partial charge in [0.2, 0.25) is 0 Å². The van der Waals surface area contributed by atoms with Gasteiger partial charge in [-0.3, -0.25) is 14.9 Å². The summed E-state index contributed by atoms with van der Waals surface area (Å²) in [6, 6.07) is 2.20. The Hall–Kier alpha value is -1.98. The van der Waals surface area contributed by atoms with Crippen LogP contribution in [0.25, 0.3) is 0 Å². The van der Waals surface area contributed by atoms with Crippen molar-refractivity contribution in [3.63, 3.8) is 0 Å². The lowest BCUT2D eigenvalue weighted by Crippen LogP contribution is -2.07. The van der Waals surface area contributed by atoms with Crippen molar-refractivity contribution in [1.29, 1.82) is 0 Å². The Balaban J connectivity index is 2.46. The molecule has 0 unspecified atom stereocenters. The maximum Gasteiger partial charge on any atom is 0.295 e. The maximum atomic E-state index is 13.4. The Labute approximate surface area is 96.8 Å². The van der Waals surface area contributed by atoms with E-state index in [1.807, 2.05) is 0 Å². The van der Waals surface area contributed by atoms with Crippen molar-refractivity contribution in [2.24, 2.45) is 0 Å². The first-order valence-corrected chi connectivity index (χ1v) is 5.24. The number of nitrogens with zero attached hydrogens (tertiary/aromatic N) is 1.